The summed E-state index contributed by atoms with van der Waals surface area (Å²) in [5.74, 6) is 0.471. The summed E-state index contributed by atoms with van der Waals surface area (Å²) in [6.45, 7) is 3.94. The number of halogens is 1. The Kier molecular flexibility index (Phi) is 7.84. The number of nitrogens with two attached hydrogens (primary N) is 1. The van der Waals surface area contributed by atoms with Gasteiger partial charge in [-0.15, -0.1) is 12.4 Å². The monoisotopic (exact) mass is 338 g/mol. The summed E-state index contributed by atoms with van der Waals surface area (Å²) in [4.78, 5) is 2.47. The summed E-state index contributed by atoms with van der Waals surface area (Å²) in [5, 5.41) is 0. The third-order valence-corrected chi connectivity index (χ3v) is 5.23. The number of hydrogen-bond donors (Lipinski definition) is 1. The normalized spacial score (nSPS) is 26.7. The molecule has 3 nitrogen and oxygen atoms in total. The van der Waals surface area contributed by atoms with Crippen LogP contribution in [0.5, 0.6) is 0 Å². The van der Waals surface area contributed by atoms with E-state index in [1.54, 1.807) is 0 Å². The summed E-state index contributed by atoms with van der Waals surface area (Å²) in [6.07, 6.45) is 8.48. The van der Waals surface area contributed by atoms with Gasteiger partial charge in [-0.3, -0.25) is 4.90 Å². The van der Waals surface area contributed by atoms with Gasteiger partial charge in [0.25, 0.3) is 0 Å². The highest BCUT2D eigenvalue weighted by molar-refractivity contribution is 5.85. The van der Waals surface area contributed by atoms with Gasteiger partial charge in [0.05, 0.1) is 12.7 Å². The second kappa shape index (κ2) is 9.63. The van der Waals surface area contributed by atoms with E-state index in [0.717, 1.165) is 26.2 Å². The Labute approximate surface area is 147 Å². The molecule has 1 aliphatic heterocycles. The molecule has 0 unspecified atom stereocenters. The predicted molar refractivity (Wildman–Crippen MR) is 98.3 cm³/mol. The minimum atomic E-state index is 0. The predicted octanol–water partition coefficient (Wildman–Crippen LogP) is 3.57. The average Bonchev–Trinajstić information content (AvgIpc) is 2.74. The first-order valence-electron chi connectivity index (χ1n) is 8.97. The number of ether oxygens (including phenoxy) is 1. The molecule has 1 aliphatic carbocycles. The molecule has 2 aliphatic rings. The van der Waals surface area contributed by atoms with Crippen LogP contribution < -0.4 is 5.73 Å². The fourth-order valence-electron chi connectivity index (χ4n) is 3.91. The third kappa shape index (κ3) is 5.46. The van der Waals surface area contributed by atoms with Crippen LogP contribution in [0.3, 0.4) is 0 Å². The van der Waals surface area contributed by atoms with Crippen molar-refractivity contribution in [2.45, 2.75) is 56.6 Å². The maximum absolute atomic E-state index is 6.35. The van der Waals surface area contributed by atoms with Crippen LogP contribution in [0.4, 0.5) is 0 Å². The van der Waals surface area contributed by atoms with Crippen molar-refractivity contribution in [3.63, 3.8) is 0 Å². The average molecular weight is 339 g/mol. The minimum absolute atomic E-state index is 0. The second-order valence-corrected chi connectivity index (χ2v) is 6.92. The molecule has 0 bridgehead atoms. The first-order valence-corrected chi connectivity index (χ1v) is 8.97. The lowest BCUT2D eigenvalue weighted by Crippen LogP contribution is -2.30. The zero-order chi connectivity index (χ0) is 15.2. The highest BCUT2D eigenvalue weighted by atomic mass is 35.5. The summed E-state index contributed by atoms with van der Waals surface area (Å²) in [7, 11) is 0. The quantitative estimate of drug-likeness (QED) is 0.834. The molecule has 130 valence electrons. The van der Waals surface area contributed by atoms with Gasteiger partial charge < -0.3 is 10.5 Å². The molecule has 3 rings (SSSR count). The van der Waals surface area contributed by atoms with E-state index in [1.807, 2.05) is 0 Å². The van der Waals surface area contributed by atoms with Crippen molar-refractivity contribution in [1.82, 2.24) is 4.90 Å². The second-order valence-electron chi connectivity index (χ2n) is 6.92. The van der Waals surface area contributed by atoms with Gasteiger partial charge in [0.1, 0.15) is 0 Å². The van der Waals surface area contributed by atoms with E-state index in [2.05, 4.69) is 35.2 Å². The van der Waals surface area contributed by atoms with Crippen LogP contribution in [-0.4, -0.2) is 43.3 Å². The molecule has 0 radical (unpaired) electrons. The molecule has 0 spiro atoms. The van der Waals surface area contributed by atoms with Crippen LogP contribution in [0.15, 0.2) is 30.3 Å². The molecule has 2 atom stereocenters. The van der Waals surface area contributed by atoms with Crippen molar-refractivity contribution in [2.24, 2.45) is 5.73 Å². The number of rotatable bonds is 5. The molecule has 0 aromatic heterocycles. The van der Waals surface area contributed by atoms with Gasteiger partial charge in [-0.1, -0.05) is 56.0 Å². The number of likely N-dealkylation sites (tertiary alicyclic amines) is 1. The van der Waals surface area contributed by atoms with Crippen LogP contribution in [0.2, 0.25) is 0 Å². The maximum atomic E-state index is 6.35. The summed E-state index contributed by atoms with van der Waals surface area (Å²) in [5.41, 5.74) is 7.73. The van der Waals surface area contributed by atoms with Crippen LogP contribution in [0.1, 0.15) is 50.0 Å². The molecule has 1 aromatic carbocycles. The van der Waals surface area contributed by atoms with Crippen LogP contribution in [0.25, 0.3) is 0 Å². The molecular weight excluding hydrogens is 308 g/mol. The van der Waals surface area contributed by atoms with Gasteiger partial charge in [0.2, 0.25) is 0 Å². The first kappa shape index (κ1) is 18.7. The van der Waals surface area contributed by atoms with E-state index in [4.69, 9.17) is 10.5 Å². The largest absolute Gasteiger partial charge is 0.377 e. The van der Waals surface area contributed by atoms with Crippen molar-refractivity contribution >= 4 is 12.4 Å². The first-order chi connectivity index (χ1) is 10.8. The lowest BCUT2D eigenvalue weighted by molar-refractivity contribution is 0.0317. The van der Waals surface area contributed by atoms with E-state index in [-0.39, 0.29) is 18.4 Å². The Bertz CT molecular complexity index is 434. The molecule has 23 heavy (non-hydrogen) atoms. The lowest BCUT2D eigenvalue weighted by atomic mass is 9.95. The van der Waals surface area contributed by atoms with E-state index in [1.165, 1.54) is 44.1 Å². The van der Waals surface area contributed by atoms with Crippen LogP contribution in [0, 0.1) is 0 Å². The Morgan fingerprint density at radius 3 is 2.39 bits per heavy atom. The topological polar surface area (TPSA) is 38.5 Å². The van der Waals surface area contributed by atoms with Gasteiger partial charge in [0, 0.05) is 31.6 Å². The SMILES string of the molecule is Cl.N[C@@H]1CN(CCOC2CCCCCC2)C[C@H]1c1ccccc1. The minimum Gasteiger partial charge on any atom is -0.377 e. The van der Waals surface area contributed by atoms with Crippen molar-refractivity contribution in [3.05, 3.63) is 35.9 Å². The molecule has 1 saturated heterocycles. The van der Waals surface area contributed by atoms with Gasteiger partial charge in [-0.2, -0.15) is 0 Å². The Morgan fingerprint density at radius 2 is 1.70 bits per heavy atom. The molecule has 1 saturated carbocycles. The fourth-order valence-corrected chi connectivity index (χ4v) is 3.91. The van der Waals surface area contributed by atoms with Crippen LogP contribution >= 0.6 is 12.4 Å². The van der Waals surface area contributed by atoms with Gasteiger partial charge in [-0.05, 0) is 18.4 Å². The number of hydrogen-bond acceptors (Lipinski definition) is 3. The van der Waals surface area contributed by atoms with Crippen molar-refractivity contribution in [1.29, 1.82) is 0 Å². The standard InChI is InChI=1S/C19H30N2O.ClH/c20-19-15-21(14-18(19)16-8-4-3-5-9-16)12-13-22-17-10-6-1-2-7-11-17;/h3-5,8-9,17-19H,1-2,6-7,10-15,20H2;1H/t18-,19+;/m0./s1. The lowest BCUT2D eigenvalue weighted by Gasteiger charge is -2.19. The molecule has 2 N–H and O–H groups in total. The highest BCUT2D eigenvalue weighted by Gasteiger charge is 2.30. The summed E-state index contributed by atoms with van der Waals surface area (Å²) < 4.78 is 6.12. The van der Waals surface area contributed by atoms with E-state index in [0.29, 0.717) is 12.0 Å². The Morgan fingerprint density at radius 1 is 1.00 bits per heavy atom. The Balaban J connectivity index is 0.00000192. The van der Waals surface area contributed by atoms with Gasteiger partial charge >= 0.3 is 0 Å². The van der Waals surface area contributed by atoms with Gasteiger partial charge in [-0.25, -0.2) is 0 Å². The summed E-state index contributed by atoms with van der Waals surface area (Å²) in [6, 6.07) is 11.0. The summed E-state index contributed by atoms with van der Waals surface area (Å²) >= 11 is 0. The smallest absolute Gasteiger partial charge is 0.0597 e. The fraction of sp³-hybridized carbons (Fsp3) is 0.684. The third-order valence-electron chi connectivity index (χ3n) is 5.23. The van der Waals surface area contributed by atoms with Crippen molar-refractivity contribution in [2.75, 3.05) is 26.2 Å². The Hall–Kier alpha value is -0.610. The van der Waals surface area contributed by atoms with Gasteiger partial charge in [0.15, 0.2) is 0 Å². The van der Waals surface area contributed by atoms with Crippen LogP contribution in [-0.2, 0) is 4.74 Å². The molecule has 1 heterocycles. The molecule has 2 fully saturated rings. The van der Waals surface area contributed by atoms with Crippen molar-refractivity contribution < 1.29 is 4.74 Å². The molecule has 1 aromatic rings. The van der Waals surface area contributed by atoms with Crippen molar-refractivity contribution in [3.8, 4) is 0 Å². The molecule has 4 heteroatoms. The molecule has 0 amide bonds. The van der Waals surface area contributed by atoms with E-state index in [9.17, 15) is 0 Å². The maximum Gasteiger partial charge on any atom is 0.0597 e. The number of benzene rings is 1. The highest BCUT2D eigenvalue weighted by Crippen LogP contribution is 2.26. The van der Waals surface area contributed by atoms with E-state index >= 15 is 0 Å². The zero-order valence-corrected chi connectivity index (χ0v) is 14.8. The zero-order valence-electron chi connectivity index (χ0n) is 14.0. The van der Waals surface area contributed by atoms with E-state index < -0.39 is 0 Å². The number of nitrogens with zero attached hydrogens (tertiary/aromatic N) is 1. The molecular formula is C19H31ClN2O.